The Hall–Kier alpha value is -1.19. The van der Waals surface area contributed by atoms with Gasteiger partial charge >= 0.3 is 11.9 Å². The van der Waals surface area contributed by atoms with Gasteiger partial charge in [-0.05, 0) is 6.42 Å². The second kappa shape index (κ2) is 7.24. The second-order valence-electron chi connectivity index (χ2n) is 2.95. The zero-order chi connectivity index (χ0) is 11.0. The van der Waals surface area contributed by atoms with E-state index < -0.39 is 11.9 Å². The molecule has 0 fully saturated rings. The third kappa shape index (κ3) is 6.34. The maximum atomic E-state index is 10.9. The Morgan fingerprint density at radius 1 is 0.929 bits per heavy atom. The highest BCUT2D eigenvalue weighted by molar-refractivity contribution is 5.85. The van der Waals surface area contributed by atoms with E-state index in [9.17, 15) is 14.4 Å². The van der Waals surface area contributed by atoms with Gasteiger partial charge in [0.2, 0.25) is 0 Å². The quantitative estimate of drug-likeness (QED) is 0.482. The van der Waals surface area contributed by atoms with Crippen LogP contribution in [0, 0.1) is 0 Å². The Morgan fingerprint density at radius 2 is 1.57 bits per heavy atom. The molecule has 0 saturated carbocycles. The lowest BCUT2D eigenvalue weighted by Gasteiger charge is -2.00. The van der Waals surface area contributed by atoms with Gasteiger partial charge in [0.25, 0.3) is 0 Å². The number of ether oxygens (including phenoxy) is 1. The summed E-state index contributed by atoms with van der Waals surface area (Å²) in [6.45, 7) is 3.40. The van der Waals surface area contributed by atoms with Crippen molar-refractivity contribution >= 4 is 17.7 Å². The lowest BCUT2D eigenvalue weighted by molar-refractivity contribution is -0.159. The number of carbonyl (C=O) groups excluding carboxylic acids is 3. The van der Waals surface area contributed by atoms with Crippen LogP contribution in [-0.4, -0.2) is 17.7 Å². The van der Waals surface area contributed by atoms with Crippen molar-refractivity contribution in [1.29, 1.82) is 0 Å². The molecule has 0 aromatic rings. The van der Waals surface area contributed by atoms with E-state index in [0.29, 0.717) is 19.3 Å². The van der Waals surface area contributed by atoms with Gasteiger partial charge in [0, 0.05) is 25.7 Å². The second-order valence-corrected chi connectivity index (χ2v) is 2.95. The zero-order valence-corrected chi connectivity index (χ0v) is 8.67. The molecule has 4 nitrogen and oxygen atoms in total. The van der Waals surface area contributed by atoms with Gasteiger partial charge in [-0.15, -0.1) is 0 Å². The van der Waals surface area contributed by atoms with Crippen molar-refractivity contribution < 1.29 is 19.1 Å². The smallest absolute Gasteiger partial charge is 0.313 e. The van der Waals surface area contributed by atoms with Crippen molar-refractivity contribution in [2.75, 3.05) is 0 Å². The minimum atomic E-state index is -0.541. The third-order valence-corrected chi connectivity index (χ3v) is 1.75. The standard InChI is InChI=1S/C10H16O4/c1-3-8(11)6-5-7-10(13)14-9(12)4-2/h3-7H2,1-2H3. The molecule has 0 heterocycles. The van der Waals surface area contributed by atoms with Crippen LogP contribution in [0.15, 0.2) is 0 Å². The number of esters is 2. The molecule has 0 amide bonds. The lowest BCUT2D eigenvalue weighted by atomic mass is 10.1. The van der Waals surface area contributed by atoms with Crippen molar-refractivity contribution in [2.45, 2.75) is 46.0 Å². The van der Waals surface area contributed by atoms with E-state index in [1.54, 1.807) is 13.8 Å². The predicted molar refractivity (Wildman–Crippen MR) is 50.5 cm³/mol. The third-order valence-electron chi connectivity index (χ3n) is 1.75. The van der Waals surface area contributed by atoms with E-state index in [-0.39, 0.29) is 18.6 Å². The van der Waals surface area contributed by atoms with Crippen LogP contribution in [0.1, 0.15) is 46.0 Å². The maximum absolute atomic E-state index is 10.9. The first-order valence-electron chi connectivity index (χ1n) is 4.85. The Kier molecular flexibility index (Phi) is 6.62. The molecule has 0 aromatic heterocycles. The van der Waals surface area contributed by atoms with Crippen LogP contribution in [-0.2, 0) is 19.1 Å². The van der Waals surface area contributed by atoms with E-state index in [0.717, 1.165) is 0 Å². The van der Waals surface area contributed by atoms with Crippen LogP contribution in [0.3, 0.4) is 0 Å². The SMILES string of the molecule is CCC(=O)CCCC(=O)OC(=O)CC. The summed E-state index contributed by atoms with van der Waals surface area (Å²) in [5.74, 6) is -0.933. The van der Waals surface area contributed by atoms with Crippen LogP contribution >= 0.6 is 0 Å². The van der Waals surface area contributed by atoms with Gasteiger partial charge < -0.3 is 4.74 Å². The lowest BCUT2D eigenvalue weighted by Crippen LogP contribution is -2.11. The first-order valence-corrected chi connectivity index (χ1v) is 4.85. The summed E-state index contributed by atoms with van der Waals surface area (Å²) in [6.07, 6.45) is 1.66. The number of hydrogen-bond donors (Lipinski definition) is 0. The molecule has 80 valence electrons. The van der Waals surface area contributed by atoms with Crippen molar-refractivity contribution in [2.24, 2.45) is 0 Å². The molecule has 14 heavy (non-hydrogen) atoms. The molecule has 0 rings (SSSR count). The zero-order valence-electron chi connectivity index (χ0n) is 8.67. The van der Waals surface area contributed by atoms with Gasteiger partial charge in [-0.25, -0.2) is 0 Å². The molecule has 0 aliphatic rings. The molecule has 0 N–H and O–H groups in total. The Balaban J connectivity index is 3.54. The molecular formula is C10H16O4. The highest BCUT2D eigenvalue weighted by Gasteiger charge is 2.08. The number of hydrogen-bond acceptors (Lipinski definition) is 4. The normalized spacial score (nSPS) is 9.57. The molecule has 0 bridgehead atoms. The monoisotopic (exact) mass is 200 g/mol. The van der Waals surface area contributed by atoms with Gasteiger partial charge in [-0.2, -0.15) is 0 Å². The topological polar surface area (TPSA) is 60.4 Å². The van der Waals surface area contributed by atoms with Gasteiger partial charge in [0.15, 0.2) is 0 Å². The van der Waals surface area contributed by atoms with E-state index in [2.05, 4.69) is 4.74 Å². The predicted octanol–water partition coefficient (Wildman–Crippen LogP) is 1.62. The number of ketones is 1. The summed E-state index contributed by atoms with van der Waals surface area (Å²) in [6, 6.07) is 0. The van der Waals surface area contributed by atoms with Crippen LogP contribution < -0.4 is 0 Å². The van der Waals surface area contributed by atoms with Crippen LogP contribution in [0.5, 0.6) is 0 Å². The van der Waals surface area contributed by atoms with Crippen molar-refractivity contribution in [3.8, 4) is 0 Å². The fraction of sp³-hybridized carbons (Fsp3) is 0.700. The van der Waals surface area contributed by atoms with Gasteiger partial charge in [-0.3, -0.25) is 14.4 Å². The van der Waals surface area contributed by atoms with Crippen molar-refractivity contribution in [3.05, 3.63) is 0 Å². The average molecular weight is 200 g/mol. The Labute approximate surface area is 83.6 Å². The summed E-state index contributed by atoms with van der Waals surface area (Å²) in [5.41, 5.74) is 0. The number of rotatable bonds is 6. The number of carbonyl (C=O) groups is 3. The molecule has 0 radical (unpaired) electrons. The minimum Gasteiger partial charge on any atom is -0.393 e. The minimum absolute atomic E-state index is 0.125. The van der Waals surface area contributed by atoms with E-state index in [4.69, 9.17) is 0 Å². The summed E-state index contributed by atoms with van der Waals surface area (Å²) in [7, 11) is 0. The molecule has 0 aromatic carbocycles. The fourth-order valence-electron chi connectivity index (χ4n) is 0.857. The highest BCUT2D eigenvalue weighted by Crippen LogP contribution is 2.01. The van der Waals surface area contributed by atoms with E-state index >= 15 is 0 Å². The van der Waals surface area contributed by atoms with Crippen LogP contribution in [0.25, 0.3) is 0 Å². The van der Waals surface area contributed by atoms with E-state index in [1.807, 2.05) is 0 Å². The molecule has 0 saturated heterocycles. The molecule has 4 heteroatoms. The van der Waals surface area contributed by atoms with Gasteiger partial charge in [0.05, 0.1) is 0 Å². The molecular weight excluding hydrogens is 184 g/mol. The summed E-state index contributed by atoms with van der Waals surface area (Å²) in [4.78, 5) is 32.4. The largest absolute Gasteiger partial charge is 0.393 e. The molecule has 0 spiro atoms. The van der Waals surface area contributed by atoms with Gasteiger partial charge in [-0.1, -0.05) is 13.8 Å². The molecule has 0 aliphatic heterocycles. The van der Waals surface area contributed by atoms with Gasteiger partial charge in [0.1, 0.15) is 5.78 Å². The maximum Gasteiger partial charge on any atom is 0.313 e. The number of Topliss-reactive ketones (excluding diaryl/α,β-unsaturated/α-hetero) is 1. The Morgan fingerprint density at radius 3 is 2.07 bits per heavy atom. The average Bonchev–Trinajstić information content (AvgIpc) is 2.17. The highest BCUT2D eigenvalue weighted by atomic mass is 16.6. The summed E-state index contributed by atoms with van der Waals surface area (Å²) >= 11 is 0. The molecule has 0 atom stereocenters. The van der Waals surface area contributed by atoms with Crippen LogP contribution in [0.4, 0.5) is 0 Å². The summed E-state index contributed by atoms with van der Waals surface area (Å²) in [5, 5.41) is 0. The summed E-state index contributed by atoms with van der Waals surface area (Å²) < 4.78 is 4.43. The first-order chi connectivity index (χ1) is 6.60. The van der Waals surface area contributed by atoms with Crippen molar-refractivity contribution in [3.63, 3.8) is 0 Å². The fourth-order valence-corrected chi connectivity index (χ4v) is 0.857. The van der Waals surface area contributed by atoms with E-state index in [1.165, 1.54) is 0 Å². The van der Waals surface area contributed by atoms with Crippen molar-refractivity contribution in [1.82, 2.24) is 0 Å². The molecule has 0 aliphatic carbocycles. The van der Waals surface area contributed by atoms with Crippen LogP contribution in [0.2, 0.25) is 0 Å². The molecule has 0 unspecified atom stereocenters. The first kappa shape index (κ1) is 12.8. The Bertz CT molecular complexity index is 220.